The van der Waals surface area contributed by atoms with Crippen LogP contribution in [0.1, 0.15) is 35.7 Å². The largest absolute Gasteiger partial charge is 0.508 e. The lowest BCUT2D eigenvalue weighted by atomic mass is 9.67. The first-order valence-electron chi connectivity index (χ1n) is 8.61. The Hall–Kier alpha value is -3.07. The van der Waals surface area contributed by atoms with Crippen molar-refractivity contribution in [1.29, 1.82) is 0 Å². The van der Waals surface area contributed by atoms with E-state index in [0.717, 1.165) is 5.56 Å². The molecule has 2 N–H and O–H groups in total. The summed E-state index contributed by atoms with van der Waals surface area (Å²) in [7, 11) is 0. The van der Waals surface area contributed by atoms with Crippen LogP contribution in [0.15, 0.2) is 90.2 Å². The topological polar surface area (TPSA) is 57.5 Å². The molecule has 3 nitrogen and oxygen atoms in total. The number of Topliss-reactive ketones (excluding diaryl/α,β-unsaturated/α-hetero) is 1. The Morgan fingerprint density at radius 2 is 1.62 bits per heavy atom. The number of hydrogen-bond donors (Lipinski definition) is 2. The van der Waals surface area contributed by atoms with Crippen molar-refractivity contribution in [3.05, 3.63) is 101 Å². The number of ketones is 1. The molecule has 0 saturated carbocycles. The van der Waals surface area contributed by atoms with E-state index in [4.69, 9.17) is 0 Å². The molecule has 2 aromatic rings. The van der Waals surface area contributed by atoms with E-state index >= 15 is 0 Å². The molecule has 1 aliphatic carbocycles. The molecule has 0 bridgehead atoms. The van der Waals surface area contributed by atoms with Crippen molar-refractivity contribution in [3.63, 3.8) is 0 Å². The second-order valence-corrected chi connectivity index (χ2v) is 6.80. The van der Waals surface area contributed by atoms with Gasteiger partial charge in [-0.15, -0.1) is 0 Å². The van der Waals surface area contributed by atoms with E-state index in [1.54, 1.807) is 30.4 Å². The van der Waals surface area contributed by atoms with Crippen LogP contribution in [0.4, 0.5) is 0 Å². The molecule has 0 aliphatic heterocycles. The maximum atomic E-state index is 13.2. The maximum Gasteiger partial charge on any atom is 0.189 e. The van der Waals surface area contributed by atoms with E-state index in [9.17, 15) is 15.0 Å². The van der Waals surface area contributed by atoms with Gasteiger partial charge in [0, 0.05) is 16.6 Å². The quantitative estimate of drug-likeness (QED) is 0.736. The lowest BCUT2D eigenvalue weighted by Crippen LogP contribution is -2.28. The van der Waals surface area contributed by atoms with Crippen molar-refractivity contribution < 1.29 is 15.0 Å². The molecule has 0 aromatic heterocycles. The number of phenols is 1. The van der Waals surface area contributed by atoms with E-state index in [1.165, 1.54) is 12.1 Å². The van der Waals surface area contributed by atoms with Crippen LogP contribution in [0, 0.1) is 5.41 Å². The summed E-state index contributed by atoms with van der Waals surface area (Å²) in [5.41, 5.74) is 1.62. The molecule has 2 aromatic carbocycles. The van der Waals surface area contributed by atoms with Crippen LogP contribution in [-0.4, -0.2) is 16.0 Å². The number of carbonyl (C=O) groups excluding carboxylic acids is 1. The third-order valence-electron chi connectivity index (χ3n) is 5.17. The van der Waals surface area contributed by atoms with Crippen molar-refractivity contribution in [2.24, 2.45) is 5.41 Å². The van der Waals surface area contributed by atoms with Gasteiger partial charge in [-0.25, -0.2) is 0 Å². The van der Waals surface area contributed by atoms with Crippen molar-refractivity contribution >= 4 is 5.78 Å². The van der Waals surface area contributed by atoms with Crippen molar-refractivity contribution in [2.75, 3.05) is 0 Å². The fraction of sp³-hybridized carbons (Fsp3) is 0.174. The molecule has 0 saturated heterocycles. The predicted molar refractivity (Wildman–Crippen MR) is 103 cm³/mol. The van der Waals surface area contributed by atoms with Gasteiger partial charge in [0.2, 0.25) is 0 Å². The number of carbonyl (C=O) groups is 1. The summed E-state index contributed by atoms with van der Waals surface area (Å²) >= 11 is 0. The zero-order valence-corrected chi connectivity index (χ0v) is 14.9. The highest BCUT2D eigenvalue weighted by Gasteiger charge is 2.37. The normalized spacial score (nSPS) is 20.7. The molecule has 2 unspecified atom stereocenters. The minimum absolute atomic E-state index is 0.0200. The molecule has 0 spiro atoms. The Morgan fingerprint density at radius 3 is 2.27 bits per heavy atom. The fourth-order valence-corrected chi connectivity index (χ4v) is 3.31. The average Bonchev–Trinajstić information content (AvgIpc) is 2.81. The van der Waals surface area contributed by atoms with E-state index in [1.807, 2.05) is 43.3 Å². The first-order chi connectivity index (χ1) is 12.4. The van der Waals surface area contributed by atoms with Crippen molar-refractivity contribution in [3.8, 4) is 5.75 Å². The standard InChI is InChI=1S/C23H22O3/c1-16(17-6-4-3-5-7-17)23(2)15-14-20(25)12-13-21(23)22(26)18-8-10-19(24)11-9-18/h3-16,24-25H,1-2H3. The van der Waals surface area contributed by atoms with Crippen LogP contribution in [0.3, 0.4) is 0 Å². The average molecular weight is 346 g/mol. The lowest BCUT2D eigenvalue weighted by Gasteiger charge is -2.35. The molecule has 3 heteroatoms. The highest BCUT2D eigenvalue weighted by atomic mass is 16.3. The van der Waals surface area contributed by atoms with Gasteiger partial charge in [-0.2, -0.15) is 0 Å². The van der Waals surface area contributed by atoms with Gasteiger partial charge in [0.25, 0.3) is 0 Å². The number of aromatic hydroxyl groups is 1. The SMILES string of the molecule is CC(c1ccccc1)C1(C)C=CC(O)=CC=C1C(=O)c1ccc(O)cc1. The highest BCUT2D eigenvalue weighted by molar-refractivity contribution is 6.10. The molecule has 132 valence electrons. The molecule has 2 atom stereocenters. The van der Waals surface area contributed by atoms with Crippen LogP contribution in [0.5, 0.6) is 5.75 Å². The van der Waals surface area contributed by atoms with Crippen molar-refractivity contribution in [1.82, 2.24) is 0 Å². The van der Waals surface area contributed by atoms with Gasteiger partial charge in [0.15, 0.2) is 5.78 Å². The van der Waals surface area contributed by atoms with Gasteiger partial charge in [0.05, 0.1) is 0 Å². The van der Waals surface area contributed by atoms with Gasteiger partial charge in [-0.1, -0.05) is 56.3 Å². The molecule has 1 aliphatic rings. The Labute approximate surface area is 153 Å². The molecule has 0 heterocycles. The molecular formula is C23H22O3. The summed E-state index contributed by atoms with van der Waals surface area (Å²) in [4.78, 5) is 13.2. The number of aliphatic hydroxyl groups excluding tert-OH is 1. The Bertz CT molecular complexity index is 889. The third kappa shape index (κ3) is 3.33. The third-order valence-corrected chi connectivity index (χ3v) is 5.17. The van der Waals surface area contributed by atoms with Crippen LogP contribution in [-0.2, 0) is 0 Å². The summed E-state index contributed by atoms with van der Waals surface area (Å²) in [5.74, 6) is 0.136. The van der Waals surface area contributed by atoms with Gasteiger partial charge in [-0.3, -0.25) is 4.79 Å². The van der Waals surface area contributed by atoms with E-state index in [-0.39, 0.29) is 23.2 Å². The number of allylic oxidation sites excluding steroid dienone is 5. The zero-order valence-electron chi connectivity index (χ0n) is 14.9. The van der Waals surface area contributed by atoms with Gasteiger partial charge in [0.1, 0.15) is 11.5 Å². The lowest BCUT2D eigenvalue weighted by molar-refractivity contribution is 0.101. The van der Waals surface area contributed by atoms with Gasteiger partial charge >= 0.3 is 0 Å². The van der Waals surface area contributed by atoms with Crippen LogP contribution in [0.2, 0.25) is 0 Å². The van der Waals surface area contributed by atoms with Crippen LogP contribution < -0.4 is 0 Å². The minimum atomic E-state index is -0.600. The van der Waals surface area contributed by atoms with E-state index in [0.29, 0.717) is 11.1 Å². The number of rotatable bonds is 4. The Morgan fingerprint density at radius 1 is 0.962 bits per heavy atom. The summed E-state index contributed by atoms with van der Waals surface area (Å²) < 4.78 is 0. The first kappa shape index (κ1) is 17.7. The Kier molecular flexibility index (Phi) is 4.81. The summed E-state index contributed by atoms with van der Waals surface area (Å²) in [6.07, 6.45) is 6.79. The highest BCUT2D eigenvalue weighted by Crippen LogP contribution is 2.45. The minimum Gasteiger partial charge on any atom is -0.508 e. The van der Waals surface area contributed by atoms with Crippen LogP contribution in [0.25, 0.3) is 0 Å². The Balaban J connectivity index is 2.08. The summed E-state index contributed by atoms with van der Waals surface area (Å²) in [6, 6.07) is 16.3. The zero-order chi connectivity index (χ0) is 18.7. The molecular weight excluding hydrogens is 324 g/mol. The second-order valence-electron chi connectivity index (χ2n) is 6.80. The van der Waals surface area contributed by atoms with E-state index in [2.05, 4.69) is 6.92 Å². The summed E-state index contributed by atoms with van der Waals surface area (Å²) in [5, 5.41) is 19.5. The number of phenolic OH excluding ortho intramolecular Hbond substituents is 1. The predicted octanol–water partition coefficient (Wildman–Crippen LogP) is 5.32. The molecule has 26 heavy (non-hydrogen) atoms. The van der Waals surface area contributed by atoms with Gasteiger partial charge < -0.3 is 10.2 Å². The van der Waals surface area contributed by atoms with Crippen molar-refractivity contribution in [2.45, 2.75) is 19.8 Å². The summed E-state index contributed by atoms with van der Waals surface area (Å²) in [6.45, 7) is 4.09. The second kappa shape index (κ2) is 7.04. The first-order valence-corrected chi connectivity index (χ1v) is 8.61. The number of aliphatic hydroxyl groups is 1. The number of hydrogen-bond acceptors (Lipinski definition) is 3. The molecule has 0 fully saturated rings. The van der Waals surface area contributed by atoms with E-state index < -0.39 is 5.41 Å². The molecule has 0 radical (unpaired) electrons. The van der Waals surface area contributed by atoms with Crippen LogP contribution >= 0.6 is 0 Å². The maximum absolute atomic E-state index is 13.2. The molecule has 0 amide bonds. The molecule has 3 rings (SSSR count). The van der Waals surface area contributed by atoms with Gasteiger partial charge in [-0.05, 0) is 47.9 Å². The number of benzene rings is 2. The smallest absolute Gasteiger partial charge is 0.189 e. The fourth-order valence-electron chi connectivity index (χ4n) is 3.31. The monoisotopic (exact) mass is 346 g/mol.